The lowest BCUT2D eigenvalue weighted by Crippen LogP contribution is -2.32. The van der Waals surface area contributed by atoms with E-state index in [1.165, 1.54) is 0 Å². The summed E-state index contributed by atoms with van der Waals surface area (Å²) >= 11 is 0. The number of benzene rings is 1. The van der Waals surface area contributed by atoms with Gasteiger partial charge in [0, 0.05) is 17.8 Å². The molecule has 2 N–H and O–H groups in total. The van der Waals surface area contributed by atoms with E-state index in [2.05, 4.69) is 5.32 Å². The van der Waals surface area contributed by atoms with Crippen molar-refractivity contribution in [1.29, 1.82) is 0 Å². The number of hydrogen-bond acceptors (Lipinski definition) is 6. The van der Waals surface area contributed by atoms with E-state index in [1.807, 2.05) is 0 Å². The van der Waals surface area contributed by atoms with Gasteiger partial charge in [0.2, 0.25) is 6.79 Å². The summed E-state index contributed by atoms with van der Waals surface area (Å²) in [6.07, 6.45) is 0.999. The smallest absolute Gasteiger partial charge is 0.337 e. The summed E-state index contributed by atoms with van der Waals surface area (Å²) in [5.41, 5.74) is -0.249. The Hall–Kier alpha value is -3.49. The molecule has 0 radical (unpaired) electrons. The van der Waals surface area contributed by atoms with Crippen LogP contribution >= 0.6 is 0 Å². The monoisotopic (exact) mass is 332 g/mol. The maximum atomic E-state index is 11.9. The highest BCUT2D eigenvalue weighted by Crippen LogP contribution is 2.34. The summed E-state index contributed by atoms with van der Waals surface area (Å²) in [5.74, 6) is -0.640. The van der Waals surface area contributed by atoms with Crippen molar-refractivity contribution >= 4 is 17.6 Å². The lowest BCUT2D eigenvalue weighted by molar-refractivity contribution is -0.120. The molecule has 0 atom stereocenters. The number of nitrogens with zero attached hydrogens (tertiary/aromatic N) is 1. The molecule has 24 heavy (non-hydrogen) atoms. The fraction of sp³-hybridized carbons (Fsp3) is 0.133. The normalized spacial score (nSPS) is 11.8. The first-order valence-corrected chi connectivity index (χ1v) is 6.82. The van der Waals surface area contributed by atoms with Gasteiger partial charge in [0.05, 0.1) is 11.8 Å². The van der Waals surface area contributed by atoms with Gasteiger partial charge in [0.25, 0.3) is 11.5 Å². The van der Waals surface area contributed by atoms with Crippen LogP contribution in [0, 0.1) is 0 Å². The van der Waals surface area contributed by atoms with Gasteiger partial charge >= 0.3 is 5.97 Å². The summed E-state index contributed by atoms with van der Waals surface area (Å²) in [6, 6.07) is 7.07. The van der Waals surface area contributed by atoms with Gasteiger partial charge in [-0.05, 0) is 18.2 Å². The van der Waals surface area contributed by atoms with Gasteiger partial charge < -0.3 is 24.7 Å². The molecule has 1 amide bonds. The second kappa shape index (κ2) is 6.32. The van der Waals surface area contributed by atoms with Crippen LogP contribution in [0.25, 0.3) is 0 Å². The molecule has 1 aliphatic rings. The van der Waals surface area contributed by atoms with Crippen LogP contribution in [0.15, 0.2) is 41.3 Å². The van der Waals surface area contributed by atoms with Crippen LogP contribution in [0.1, 0.15) is 10.4 Å². The molecule has 0 saturated heterocycles. The number of ether oxygens (including phenoxy) is 2. The summed E-state index contributed by atoms with van der Waals surface area (Å²) < 4.78 is 11.1. The Kier molecular flexibility index (Phi) is 4.06. The van der Waals surface area contributed by atoms with E-state index in [-0.39, 0.29) is 12.4 Å². The van der Waals surface area contributed by atoms with Crippen LogP contribution < -0.4 is 25.2 Å². The van der Waals surface area contributed by atoms with E-state index in [0.717, 1.165) is 18.3 Å². The van der Waals surface area contributed by atoms with Crippen LogP contribution in [-0.2, 0) is 4.79 Å². The minimum Gasteiger partial charge on any atom is -0.478 e. The van der Waals surface area contributed by atoms with Gasteiger partial charge in [-0.15, -0.1) is 0 Å². The van der Waals surface area contributed by atoms with Gasteiger partial charge in [-0.2, -0.15) is 4.73 Å². The zero-order valence-corrected chi connectivity index (χ0v) is 12.2. The topological polar surface area (TPSA) is 116 Å². The zero-order valence-electron chi connectivity index (χ0n) is 12.2. The number of rotatable bonds is 5. The van der Waals surface area contributed by atoms with Crippen molar-refractivity contribution in [3.8, 4) is 11.5 Å². The molecule has 0 saturated carbocycles. The largest absolute Gasteiger partial charge is 0.478 e. The second-order valence-electron chi connectivity index (χ2n) is 4.78. The molecule has 2 heterocycles. The minimum atomic E-state index is -1.21. The third kappa shape index (κ3) is 3.29. The molecule has 0 spiro atoms. The van der Waals surface area contributed by atoms with Crippen molar-refractivity contribution in [1.82, 2.24) is 4.73 Å². The third-order valence-electron chi connectivity index (χ3n) is 3.12. The number of carboxylic acid groups (broad SMARTS) is 1. The molecule has 0 bridgehead atoms. The highest BCUT2D eigenvalue weighted by atomic mass is 16.7. The van der Waals surface area contributed by atoms with Crippen molar-refractivity contribution in [3.05, 3.63) is 52.4 Å². The maximum absolute atomic E-state index is 11.9. The molecule has 2 aromatic rings. The van der Waals surface area contributed by atoms with Gasteiger partial charge in [-0.3, -0.25) is 9.59 Å². The zero-order chi connectivity index (χ0) is 17.1. The van der Waals surface area contributed by atoms with Crippen LogP contribution in [0.2, 0.25) is 0 Å². The molecule has 1 aromatic heterocycles. The average molecular weight is 332 g/mol. The number of pyridine rings is 1. The van der Waals surface area contributed by atoms with Crippen molar-refractivity contribution < 1.29 is 29.0 Å². The predicted octanol–water partition coefficient (Wildman–Crippen LogP) is 0.342. The van der Waals surface area contributed by atoms with Gasteiger partial charge in [0.15, 0.2) is 18.1 Å². The number of carbonyl (C=O) groups excluding carboxylic acids is 1. The van der Waals surface area contributed by atoms with Gasteiger partial charge in [0.1, 0.15) is 0 Å². The number of aromatic carboxylic acids is 1. The van der Waals surface area contributed by atoms with Crippen LogP contribution in [0.4, 0.5) is 5.69 Å². The quantitative estimate of drug-likeness (QED) is 0.811. The number of amides is 1. The summed E-state index contributed by atoms with van der Waals surface area (Å²) in [7, 11) is 0. The van der Waals surface area contributed by atoms with Crippen LogP contribution in [-0.4, -0.2) is 35.1 Å². The average Bonchev–Trinajstić information content (AvgIpc) is 3.01. The standard InChI is InChI=1S/C15H12N2O7/c18-13(16-10-2-3-11-12(5-10)23-8-22-11)7-24-17-6-9(15(20)21)1-4-14(17)19/h1-6H,7-8H2,(H,16,18)(H,20,21). The first-order valence-electron chi connectivity index (χ1n) is 6.82. The molecular formula is C15H12N2O7. The molecule has 0 aliphatic carbocycles. The highest BCUT2D eigenvalue weighted by Gasteiger charge is 2.14. The Balaban J connectivity index is 1.63. The Morgan fingerprint density at radius 3 is 2.79 bits per heavy atom. The van der Waals surface area contributed by atoms with E-state index >= 15 is 0 Å². The second-order valence-corrected chi connectivity index (χ2v) is 4.78. The molecular weight excluding hydrogens is 320 g/mol. The number of nitrogens with one attached hydrogen (secondary N) is 1. The van der Waals surface area contributed by atoms with E-state index in [4.69, 9.17) is 19.4 Å². The lowest BCUT2D eigenvalue weighted by Gasteiger charge is -2.09. The van der Waals surface area contributed by atoms with E-state index in [0.29, 0.717) is 21.9 Å². The number of carboxylic acids is 1. The first-order chi connectivity index (χ1) is 11.5. The Bertz CT molecular complexity index is 859. The minimum absolute atomic E-state index is 0.124. The molecule has 1 aliphatic heterocycles. The molecule has 1 aromatic carbocycles. The Labute approximate surface area is 134 Å². The number of fused-ring (bicyclic) bond motifs is 1. The maximum Gasteiger partial charge on any atom is 0.337 e. The van der Waals surface area contributed by atoms with E-state index < -0.39 is 24.0 Å². The lowest BCUT2D eigenvalue weighted by atomic mass is 10.3. The summed E-state index contributed by atoms with van der Waals surface area (Å²) in [4.78, 5) is 39.3. The summed E-state index contributed by atoms with van der Waals surface area (Å²) in [5, 5.41) is 11.4. The van der Waals surface area contributed by atoms with Gasteiger partial charge in [-0.1, -0.05) is 0 Å². The molecule has 0 fully saturated rings. The summed E-state index contributed by atoms with van der Waals surface area (Å²) in [6.45, 7) is -0.351. The molecule has 124 valence electrons. The van der Waals surface area contributed by atoms with Crippen molar-refractivity contribution in [3.63, 3.8) is 0 Å². The fourth-order valence-corrected chi connectivity index (χ4v) is 1.99. The van der Waals surface area contributed by atoms with Crippen LogP contribution in [0.3, 0.4) is 0 Å². The first kappa shape index (κ1) is 15.4. The molecule has 0 unspecified atom stereocenters. The number of aromatic nitrogens is 1. The van der Waals surface area contributed by atoms with Crippen LogP contribution in [0.5, 0.6) is 11.5 Å². The molecule has 9 heteroatoms. The molecule has 9 nitrogen and oxygen atoms in total. The van der Waals surface area contributed by atoms with Crippen molar-refractivity contribution in [2.75, 3.05) is 18.7 Å². The highest BCUT2D eigenvalue weighted by molar-refractivity contribution is 5.92. The third-order valence-corrected chi connectivity index (χ3v) is 3.12. The fourth-order valence-electron chi connectivity index (χ4n) is 1.99. The Morgan fingerprint density at radius 1 is 1.21 bits per heavy atom. The van der Waals surface area contributed by atoms with Crippen molar-refractivity contribution in [2.45, 2.75) is 0 Å². The Morgan fingerprint density at radius 2 is 2.00 bits per heavy atom. The van der Waals surface area contributed by atoms with E-state index in [1.54, 1.807) is 18.2 Å². The molecule has 3 rings (SSSR count). The van der Waals surface area contributed by atoms with Gasteiger partial charge in [-0.25, -0.2) is 4.79 Å². The van der Waals surface area contributed by atoms with Crippen molar-refractivity contribution in [2.24, 2.45) is 0 Å². The number of anilines is 1. The SMILES string of the molecule is O=C(COn1cc(C(=O)O)ccc1=O)Nc1ccc2c(c1)OCO2. The predicted molar refractivity (Wildman–Crippen MR) is 80.3 cm³/mol. The number of carbonyl (C=O) groups is 2. The van der Waals surface area contributed by atoms with E-state index in [9.17, 15) is 14.4 Å². The number of hydrogen-bond donors (Lipinski definition) is 2.